The zero-order chi connectivity index (χ0) is 14.3. The fraction of sp³-hybridized carbons (Fsp3) is 0.533. The average molecular weight is 264 g/mol. The minimum absolute atomic E-state index is 0.133. The van der Waals surface area contributed by atoms with Crippen molar-refractivity contribution in [2.24, 2.45) is 5.73 Å². The summed E-state index contributed by atoms with van der Waals surface area (Å²) in [5.41, 5.74) is 6.55. The Morgan fingerprint density at radius 2 is 1.95 bits per heavy atom. The predicted molar refractivity (Wildman–Crippen MR) is 78.3 cm³/mol. The fourth-order valence-electron chi connectivity index (χ4n) is 1.68. The number of carbonyl (C=O) groups excluding carboxylic acids is 1. The molecule has 4 heteroatoms. The molecule has 19 heavy (non-hydrogen) atoms. The number of rotatable bonds is 7. The van der Waals surface area contributed by atoms with Crippen LogP contribution in [0.25, 0.3) is 0 Å². The summed E-state index contributed by atoms with van der Waals surface area (Å²) in [6, 6.07) is 6.89. The molecule has 0 aliphatic rings. The first-order chi connectivity index (χ1) is 9.02. The van der Waals surface area contributed by atoms with E-state index in [9.17, 15) is 4.79 Å². The van der Waals surface area contributed by atoms with Gasteiger partial charge in [0.1, 0.15) is 5.75 Å². The van der Waals surface area contributed by atoms with Crippen LogP contribution in [0.4, 0.5) is 5.69 Å². The zero-order valence-electron chi connectivity index (χ0n) is 12.0. The van der Waals surface area contributed by atoms with Gasteiger partial charge in [-0.15, -0.1) is 0 Å². The van der Waals surface area contributed by atoms with Crippen LogP contribution in [0, 0.1) is 0 Å². The first-order valence-corrected chi connectivity index (χ1v) is 6.86. The molecule has 4 nitrogen and oxygen atoms in total. The van der Waals surface area contributed by atoms with Gasteiger partial charge < -0.3 is 15.8 Å². The number of anilines is 1. The Kier molecular flexibility index (Phi) is 6.36. The third-order valence-electron chi connectivity index (χ3n) is 2.70. The molecule has 0 saturated carbocycles. The summed E-state index contributed by atoms with van der Waals surface area (Å²) in [6.07, 6.45) is 2.87. The molecular formula is C15H24N2O2. The monoisotopic (exact) mass is 264 g/mol. The number of carbonyl (C=O) groups is 1. The van der Waals surface area contributed by atoms with Crippen molar-refractivity contribution in [1.82, 2.24) is 0 Å². The predicted octanol–water partition coefficient (Wildman–Crippen LogP) is 2.93. The quantitative estimate of drug-likeness (QED) is 0.796. The van der Waals surface area contributed by atoms with Crippen LogP contribution < -0.4 is 15.8 Å². The van der Waals surface area contributed by atoms with E-state index in [0.717, 1.165) is 30.7 Å². The molecule has 0 aliphatic heterocycles. The minimum Gasteiger partial charge on any atom is -0.491 e. The summed E-state index contributed by atoms with van der Waals surface area (Å²) in [5, 5.41) is 2.81. The Morgan fingerprint density at radius 3 is 2.47 bits per heavy atom. The van der Waals surface area contributed by atoms with Crippen molar-refractivity contribution in [2.45, 2.75) is 52.2 Å². The molecule has 106 valence electrons. The summed E-state index contributed by atoms with van der Waals surface area (Å²) < 4.78 is 5.54. The van der Waals surface area contributed by atoms with E-state index in [4.69, 9.17) is 10.5 Å². The number of amides is 1. The van der Waals surface area contributed by atoms with Crippen molar-refractivity contribution in [3.8, 4) is 5.75 Å². The molecule has 0 fully saturated rings. The summed E-state index contributed by atoms with van der Waals surface area (Å²) in [4.78, 5) is 11.8. The molecular weight excluding hydrogens is 240 g/mol. The van der Waals surface area contributed by atoms with Crippen LogP contribution in [-0.2, 0) is 4.79 Å². The number of nitrogens with one attached hydrogen (secondary N) is 1. The van der Waals surface area contributed by atoms with E-state index < -0.39 is 6.04 Å². The summed E-state index contributed by atoms with van der Waals surface area (Å²) in [7, 11) is 0. The van der Waals surface area contributed by atoms with Crippen molar-refractivity contribution in [3.63, 3.8) is 0 Å². The average Bonchev–Trinajstić information content (AvgIpc) is 2.37. The number of unbranched alkanes of at least 4 members (excludes halogenated alkanes) is 1. The van der Waals surface area contributed by atoms with Crippen LogP contribution in [0.2, 0.25) is 0 Å². The number of hydrogen-bond acceptors (Lipinski definition) is 3. The van der Waals surface area contributed by atoms with Gasteiger partial charge >= 0.3 is 0 Å². The fourth-order valence-corrected chi connectivity index (χ4v) is 1.68. The second-order valence-electron chi connectivity index (χ2n) is 4.93. The maximum atomic E-state index is 11.8. The lowest BCUT2D eigenvalue weighted by molar-refractivity contribution is -0.117. The second kappa shape index (κ2) is 7.79. The van der Waals surface area contributed by atoms with E-state index in [1.807, 2.05) is 38.1 Å². The third-order valence-corrected chi connectivity index (χ3v) is 2.70. The van der Waals surface area contributed by atoms with E-state index in [1.54, 1.807) is 0 Å². The van der Waals surface area contributed by atoms with Crippen LogP contribution >= 0.6 is 0 Å². The van der Waals surface area contributed by atoms with E-state index in [1.165, 1.54) is 0 Å². The lowest BCUT2D eigenvalue weighted by Crippen LogP contribution is -2.35. The molecule has 1 atom stereocenters. The molecule has 0 bridgehead atoms. The molecule has 1 aromatic rings. The SMILES string of the molecule is CCCC[C@H](N)C(=O)Nc1ccc(OC(C)C)cc1. The van der Waals surface area contributed by atoms with Gasteiger partial charge in [-0.25, -0.2) is 0 Å². The molecule has 0 saturated heterocycles. The van der Waals surface area contributed by atoms with Gasteiger partial charge in [0.15, 0.2) is 0 Å². The van der Waals surface area contributed by atoms with Gasteiger partial charge in [-0.05, 0) is 44.5 Å². The van der Waals surface area contributed by atoms with Gasteiger partial charge in [-0.1, -0.05) is 19.8 Å². The van der Waals surface area contributed by atoms with Crippen molar-refractivity contribution in [2.75, 3.05) is 5.32 Å². The summed E-state index contributed by atoms with van der Waals surface area (Å²) >= 11 is 0. The van der Waals surface area contributed by atoms with Crippen LogP contribution in [0.15, 0.2) is 24.3 Å². The van der Waals surface area contributed by atoms with Crippen LogP contribution in [0.1, 0.15) is 40.0 Å². The Hall–Kier alpha value is -1.55. The van der Waals surface area contributed by atoms with Crippen LogP contribution in [-0.4, -0.2) is 18.1 Å². The molecule has 0 heterocycles. The molecule has 0 radical (unpaired) electrons. The molecule has 1 rings (SSSR count). The van der Waals surface area contributed by atoms with Gasteiger partial charge in [0.25, 0.3) is 0 Å². The normalized spacial score (nSPS) is 12.3. The van der Waals surface area contributed by atoms with Gasteiger partial charge in [0, 0.05) is 5.69 Å². The molecule has 1 aromatic carbocycles. The smallest absolute Gasteiger partial charge is 0.241 e. The largest absolute Gasteiger partial charge is 0.491 e. The first-order valence-electron chi connectivity index (χ1n) is 6.86. The highest BCUT2D eigenvalue weighted by Gasteiger charge is 2.12. The van der Waals surface area contributed by atoms with Crippen molar-refractivity contribution in [3.05, 3.63) is 24.3 Å². The molecule has 0 unspecified atom stereocenters. The highest BCUT2D eigenvalue weighted by atomic mass is 16.5. The van der Waals surface area contributed by atoms with Crippen molar-refractivity contribution in [1.29, 1.82) is 0 Å². The second-order valence-corrected chi connectivity index (χ2v) is 4.93. The lowest BCUT2D eigenvalue weighted by atomic mass is 10.1. The Balaban J connectivity index is 2.50. The van der Waals surface area contributed by atoms with Gasteiger partial charge in [0.05, 0.1) is 12.1 Å². The van der Waals surface area contributed by atoms with Gasteiger partial charge in [-0.2, -0.15) is 0 Å². The Bertz CT molecular complexity index is 388. The number of hydrogen-bond donors (Lipinski definition) is 2. The standard InChI is InChI=1S/C15H24N2O2/c1-4-5-6-14(16)15(18)17-12-7-9-13(10-8-12)19-11(2)3/h7-11,14H,4-6,16H2,1-3H3,(H,17,18)/t14-/m0/s1. The molecule has 0 aliphatic carbocycles. The van der Waals surface area contributed by atoms with E-state index in [0.29, 0.717) is 0 Å². The Morgan fingerprint density at radius 1 is 1.32 bits per heavy atom. The maximum Gasteiger partial charge on any atom is 0.241 e. The van der Waals surface area contributed by atoms with Crippen LogP contribution in [0.3, 0.4) is 0 Å². The maximum absolute atomic E-state index is 11.8. The van der Waals surface area contributed by atoms with Crippen molar-refractivity contribution < 1.29 is 9.53 Å². The van der Waals surface area contributed by atoms with E-state index in [-0.39, 0.29) is 12.0 Å². The Labute approximate surface area is 115 Å². The highest BCUT2D eigenvalue weighted by molar-refractivity contribution is 5.94. The third kappa shape index (κ3) is 5.75. The van der Waals surface area contributed by atoms with E-state index >= 15 is 0 Å². The molecule has 1 amide bonds. The summed E-state index contributed by atoms with van der Waals surface area (Å²) in [5.74, 6) is 0.661. The first kappa shape index (κ1) is 15.5. The van der Waals surface area contributed by atoms with Crippen LogP contribution in [0.5, 0.6) is 5.75 Å². The minimum atomic E-state index is -0.438. The topological polar surface area (TPSA) is 64.4 Å². The molecule has 3 N–H and O–H groups in total. The van der Waals surface area contributed by atoms with E-state index in [2.05, 4.69) is 12.2 Å². The zero-order valence-corrected chi connectivity index (χ0v) is 12.0. The summed E-state index contributed by atoms with van der Waals surface area (Å²) in [6.45, 7) is 6.03. The van der Waals surface area contributed by atoms with Crippen molar-refractivity contribution >= 4 is 11.6 Å². The molecule has 0 spiro atoms. The lowest BCUT2D eigenvalue weighted by Gasteiger charge is -2.13. The highest BCUT2D eigenvalue weighted by Crippen LogP contribution is 2.17. The number of nitrogens with two attached hydrogens (primary N) is 1. The van der Waals surface area contributed by atoms with Gasteiger partial charge in [-0.3, -0.25) is 4.79 Å². The number of ether oxygens (including phenoxy) is 1. The number of benzene rings is 1. The molecule has 0 aromatic heterocycles. The van der Waals surface area contributed by atoms with Gasteiger partial charge in [0.2, 0.25) is 5.91 Å².